The fourth-order valence-electron chi connectivity index (χ4n) is 0.699. The van der Waals surface area contributed by atoms with Crippen molar-refractivity contribution in [3.63, 3.8) is 0 Å². The second-order valence-corrected chi connectivity index (χ2v) is 11.0. The fraction of sp³-hybridized carbons (Fsp3) is 0.900. The highest BCUT2D eigenvalue weighted by atomic mass is 32.2. The van der Waals surface area contributed by atoms with Gasteiger partial charge >= 0.3 is 0 Å². The third-order valence-corrected chi connectivity index (χ3v) is 7.97. The normalized spacial score (nSPS) is 13.0. The van der Waals surface area contributed by atoms with Crippen LogP contribution in [0.3, 0.4) is 0 Å². The number of carbonyl (C=O) groups is 1. The molecule has 0 saturated heterocycles. The number of hydrogen-bond donors (Lipinski definition) is 0. The highest BCUT2D eigenvalue weighted by molar-refractivity contribution is 8.13. The maximum atomic E-state index is 10.7. The van der Waals surface area contributed by atoms with Crippen molar-refractivity contribution in [1.82, 2.24) is 0 Å². The van der Waals surface area contributed by atoms with E-state index in [-0.39, 0.29) is 10.2 Å². The summed E-state index contributed by atoms with van der Waals surface area (Å²) < 4.78 is 5.91. The van der Waals surface area contributed by atoms with Crippen LogP contribution in [-0.2, 0) is 9.22 Å². The molecule has 0 rings (SSSR count). The Morgan fingerprint density at radius 3 is 2.21 bits per heavy atom. The third-order valence-electron chi connectivity index (χ3n) is 2.66. The Hall–Kier alpha value is 0.197. The smallest absolute Gasteiger partial charge is 0.192 e. The van der Waals surface area contributed by atoms with E-state index in [2.05, 4.69) is 33.9 Å². The molecule has 0 fully saturated rings. The van der Waals surface area contributed by atoms with Crippen LogP contribution >= 0.6 is 11.8 Å². The van der Waals surface area contributed by atoms with Crippen LogP contribution in [0, 0.1) is 0 Å². The van der Waals surface area contributed by atoms with Crippen molar-refractivity contribution in [1.29, 1.82) is 0 Å². The fourth-order valence-corrected chi connectivity index (χ4v) is 2.35. The third kappa shape index (κ3) is 5.17. The Balaban J connectivity index is 3.83. The lowest BCUT2D eigenvalue weighted by atomic mass is 10.2. The van der Waals surface area contributed by atoms with Gasteiger partial charge in [-0.3, -0.25) is 4.79 Å². The molecule has 0 radical (unpaired) electrons. The van der Waals surface area contributed by atoms with E-state index in [1.807, 2.05) is 0 Å². The number of hydrogen-bond acceptors (Lipinski definition) is 3. The van der Waals surface area contributed by atoms with Crippen LogP contribution in [0.15, 0.2) is 0 Å². The zero-order valence-electron chi connectivity index (χ0n) is 10.1. The van der Waals surface area contributed by atoms with Crippen molar-refractivity contribution in [2.45, 2.75) is 45.8 Å². The van der Waals surface area contributed by atoms with E-state index < -0.39 is 8.32 Å². The van der Waals surface area contributed by atoms with Gasteiger partial charge in [-0.25, -0.2) is 0 Å². The molecule has 0 aliphatic heterocycles. The number of rotatable bonds is 4. The maximum absolute atomic E-state index is 10.7. The highest BCUT2D eigenvalue weighted by Gasteiger charge is 2.36. The number of carbonyl (C=O) groups excluding carboxylic acids is 1. The maximum Gasteiger partial charge on any atom is 0.192 e. The molecule has 4 heteroatoms. The summed E-state index contributed by atoms with van der Waals surface area (Å²) in [5.41, 5.74) is 0. The monoisotopic (exact) mass is 234 g/mol. The Morgan fingerprint density at radius 2 is 1.86 bits per heavy atom. The lowest BCUT2D eigenvalue weighted by molar-refractivity contribution is -0.109. The molecule has 0 amide bonds. The van der Waals surface area contributed by atoms with Crippen molar-refractivity contribution in [2.24, 2.45) is 0 Å². The lowest BCUT2D eigenvalue weighted by Crippen LogP contribution is -2.41. The SMILES string of the molecule is CC(=O)SCCO[Si](C)(C)C(C)(C)C. The van der Waals surface area contributed by atoms with Crippen molar-refractivity contribution in [2.75, 3.05) is 12.4 Å². The van der Waals surface area contributed by atoms with Gasteiger partial charge in [0.15, 0.2) is 13.4 Å². The summed E-state index contributed by atoms with van der Waals surface area (Å²) in [7, 11) is -1.60. The van der Waals surface area contributed by atoms with Gasteiger partial charge in [0.1, 0.15) is 0 Å². The van der Waals surface area contributed by atoms with Crippen LogP contribution in [0.5, 0.6) is 0 Å². The van der Waals surface area contributed by atoms with Gasteiger partial charge in [-0.05, 0) is 18.1 Å². The van der Waals surface area contributed by atoms with Gasteiger partial charge in [-0.1, -0.05) is 32.5 Å². The summed E-state index contributed by atoms with van der Waals surface area (Å²) in [5.74, 6) is 0.780. The van der Waals surface area contributed by atoms with Crippen molar-refractivity contribution >= 4 is 25.2 Å². The van der Waals surface area contributed by atoms with Crippen LogP contribution in [0.1, 0.15) is 27.7 Å². The molecule has 0 N–H and O–H groups in total. The summed E-state index contributed by atoms with van der Waals surface area (Å²) in [6.07, 6.45) is 0. The Kier molecular flexibility index (Phi) is 5.40. The van der Waals surface area contributed by atoms with E-state index in [4.69, 9.17) is 4.43 Å². The first-order valence-electron chi connectivity index (χ1n) is 4.94. The highest BCUT2D eigenvalue weighted by Crippen LogP contribution is 2.36. The molecule has 0 bridgehead atoms. The van der Waals surface area contributed by atoms with Gasteiger partial charge in [0.05, 0.1) is 0 Å². The van der Waals surface area contributed by atoms with Gasteiger partial charge < -0.3 is 4.43 Å². The molecule has 14 heavy (non-hydrogen) atoms. The predicted octanol–water partition coefficient (Wildman–Crippen LogP) is 3.29. The van der Waals surface area contributed by atoms with E-state index in [9.17, 15) is 4.79 Å². The molecular weight excluding hydrogens is 212 g/mol. The number of thioether (sulfide) groups is 1. The van der Waals surface area contributed by atoms with Gasteiger partial charge in [0, 0.05) is 19.3 Å². The average molecular weight is 234 g/mol. The van der Waals surface area contributed by atoms with Gasteiger partial charge in [-0.2, -0.15) is 0 Å². The molecule has 0 aromatic heterocycles. The van der Waals surface area contributed by atoms with Crippen LogP contribution in [0.4, 0.5) is 0 Å². The van der Waals surface area contributed by atoms with Crippen LogP contribution in [-0.4, -0.2) is 25.8 Å². The zero-order valence-corrected chi connectivity index (χ0v) is 12.0. The van der Waals surface area contributed by atoms with Gasteiger partial charge in [0.25, 0.3) is 0 Å². The molecule has 2 nitrogen and oxygen atoms in total. The minimum absolute atomic E-state index is 0.170. The second-order valence-electron chi connectivity index (χ2n) is 4.95. The van der Waals surface area contributed by atoms with Crippen LogP contribution in [0.25, 0.3) is 0 Å². The van der Waals surface area contributed by atoms with Crippen LogP contribution < -0.4 is 0 Å². The molecule has 0 saturated carbocycles. The molecule has 0 atom stereocenters. The van der Waals surface area contributed by atoms with Gasteiger partial charge in [0.2, 0.25) is 0 Å². The first-order valence-corrected chi connectivity index (χ1v) is 8.83. The van der Waals surface area contributed by atoms with Crippen molar-refractivity contribution in [3.8, 4) is 0 Å². The molecule has 84 valence electrons. The van der Waals surface area contributed by atoms with Gasteiger partial charge in [-0.15, -0.1) is 0 Å². The van der Waals surface area contributed by atoms with Crippen molar-refractivity contribution < 1.29 is 9.22 Å². The molecule has 0 aliphatic rings. The lowest BCUT2D eigenvalue weighted by Gasteiger charge is -2.36. The largest absolute Gasteiger partial charge is 0.416 e. The van der Waals surface area contributed by atoms with E-state index in [0.717, 1.165) is 5.75 Å². The van der Waals surface area contributed by atoms with E-state index >= 15 is 0 Å². The average Bonchev–Trinajstić information content (AvgIpc) is 1.95. The molecule has 0 heterocycles. The summed E-state index contributed by atoms with van der Waals surface area (Å²) in [6.45, 7) is 13.4. The second kappa shape index (κ2) is 5.33. The molecule has 0 aromatic carbocycles. The molecule has 0 spiro atoms. The summed E-state index contributed by atoms with van der Waals surface area (Å²) in [6, 6.07) is 0. The van der Waals surface area contributed by atoms with Crippen molar-refractivity contribution in [3.05, 3.63) is 0 Å². The Labute approximate surface area is 92.9 Å². The zero-order chi connectivity index (χ0) is 11.4. The summed E-state index contributed by atoms with van der Waals surface area (Å²) >= 11 is 1.34. The predicted molar refractivity (Wildman–Crippen MR) is 66.3 cm³/mol. The summed E-state index contributed by atoms with van der Waals surface area (Å²) in [4.78, 5) is 10.7. The Morgan fingerprint density at radius 1 is 1.36 bits per heavy atom. The first-order chi connectivity index (χ1) is 6.17. The van der Waals surface area contributed by atoms with E-state index in [0.29, 0.717) is 6.61 Å². The topological polar surface area (TPSA) is 26.3 Å². The van der Waals surface area contributed by atoms with E-state index in [1.54, 1.807) is 6.92 Å². The minimum Gasteiger partial charge on any atom is -0.416 e. The minimum atomic E-state index is -1.60. The molecule has 0 aromatic rings. The summed E-state index contributed by atoms with van der Waals surface area (Å²) in [5, 5.41) is 0.428. The Bertz CT molecular complexity index is 197. The van der Waals surface area contributed by atoms with Crippen LogP contribution in [0.2, 0.25) is 18.1 Å². The standard InChI is InChI=1S/C10H22O2SSi/c1-9(11)13-8-7-12-14(5,6)10(2,3)4/h7-8H2,1-6H3. The molecular formula is C10H22O2SSi. The molecule has 0 unspecified atom stereocenters. The first kappa shape index (κ1) is 14.2. The molecule has 0 aliphatic carbocycles. The quantitative estimate of drug-likeness (QED) is 0.551. The van der Waals surface area contributed by atoms with E-state index in [1.165, 1.54) is 11.8 Å².